The Morgan fingerprint density at radius 1 is 1.43 bits per heavy atom. The Bertz CT molecular complexity index is 1720. The third-order valence-corrected chi connectivity index (χ3v) is 4.47. The smallest absolute Gasteiger partial charge is 0.323 e. The Balaban J connectivity index is 2.56. The molecule has 2 heterocycles. The number of rotatable bonds is 7. The van der Waals surface area contributed by atoms with E-state index in [1.165, 1.54) is 0 Å². The number of nitrogens with two attached hydrogens (primary N) is 1. The highest BCUT2D eigenvalue weighted by atomic mass is 16.5. The summed E-state index contributed by atoms with van der Waals surface area (Å²) in [5.74, 6) is -15.8. The van der Waals surface area contributed by atoms with Gasteiger partial charge < -0.3 is 19.9 Å². The molecule has 0 spiro atoms. The first-order valence-electron chi connectivity index (χ1n) is 22.0. The zero-order valence-electron chi connectivity index (χ0n) is 42.7. The molecule has 6 heteroatoms. The molecule has 6 nitrogen and oxygen atoms in total. The highest BCUT2D eigenvalue weighted by molar-refractivity contribution is 5.76. The van der Waals surface area contributed by atoms with Gasteiger partial charge in [-0.3, -0.25) is 9.69 Å². The van der Waals surface area contributed by atoms with Crippen LogP contribution in [0.4, 0.5) is 0 Å². The van der Waals surface area contributed by atoms with Gasteiger partial charge in [0.15, 0.2) is 11.5 Å². The average Bonchev–Trinajstić information content (AvgIpc) is 2.97. The maximum Gasteiger partial charge on any atom is 0.323 e. The number of carbonyl (C=O) groups excluding carboxylic acids is 1. The minimum atomic E-state index is -4.27. The van der Waals surface area contributed by atoms with E-state index in [9.17, 15) is 6.17 Å². The van der Waals surface area contributed by atoms with Gasteiger partial charge in [-0.25, -0.2) is 0 Å². The van der Waals surface area contributed by atoms with Crippen molar-refractivity contribution in [3.05, 3.63) is 23.2 Å². The molecule has 0 amide bonds. The zero-order chi connectivity index (χ0) is 45.3. The Hall–Kier alpha value is -1.79. The highest BCUT2D eigenvalue weighted by Gasteiger charge is 2.41. The second-order valence-electron chi connectivity index (χ2n) is 6.32. The van der Waals surface area contributed by atoms with E-state index < -0.39 is 143 Å². The molecule has 1 saturated heterocycles. The fourth-order valence-corrected chi connectivity index (χ4v) is 3.08. The molecule has 0 saturated carbocycles. The number of fused-ring (bicyclic) bond motifs is 3. The molecule has 1 aromatic rings. The molecule has 0 aliphatic carbocycles. The van der Waals surface area contributed by atoms with E-state index in [-0.39, 0.29) is 4.90 Å². The summed E-state index contributed by atoms with van der Waals surface area (Å²) in [6, 6.07) is -9.86. The highest BCUT2D eigenvalue weighted by Crippen LogP contribution is 2.44. The van der Waals surface area contributed by atoms with Gasteiger partial charge in [-0.2, -0.15) is 0 Å². The molecule has 0 bridgehead atoms. The first-order valence-corrected chi connectivity index (χ1v) is 8.51. The average molecular weight is 446 g/mol. The minimum absolute atomic E-state index is 0.119. The molecule has 1 aromatic carbocycles. The van der Waals surface area contributed by atoms with Crippen LogP contribution in [0.3, 0.4) is 0 Å². The van der Waals surface area contributed by atoms with Crippen molar-refractivity contribution in [1.29, 1.82) is 0 Å². The molecular weight excluding hydrogens is 380 g/mol. The van der Waals surface area contributed by atoms with Crippen molar-refractivity contribution in [2.24, 2.45) is 23.4 Å². The standard InChI is InChI=1S/C24H38N2O4/c1-14(2)9-17-13-26-8-7-16-10-21(28-5)22(29-6)11-18(16)19(26)12-20(17)30-24(27)23(25)15(3)4/h10-11,14-15,17,19-20,23H,7-9,12-13,25H2,1-6H3/t17?,19?,20?,23-/m0/s1/i1D3,2D3,3D3,4D3,6D3,7D2,8D2,9D2,10D,11D,14D,15D,19D,23D. The van der Waals surface area contributed by atoms with Gasteiger partial charge in [0, 0.05) is 58.8 Å². The van der Waals surface area contributed by atoms with E-state index >= 15 is 0 Å². The fraction of sp³-hybridized carbons (Fsp3) is 0.708. The van der Waals surface area contributed by atoms with Crippen molar-refractivity contribution in [2.45, 2.75) is 64.7 Å². The summed E-state index contributed by atoms with van der Waals surface area (Å²) in [6.07, 6.45) is -12.0. The minimum Gasteiger partial charge on any atom is -0.493 e. The van der Waals surface area contributed by atoms with Crippen LogP contribution in [0.25, 0.3) is 0 Å². The van der Waals surface area contributed by atoms with E-state index in [1.54, 1.807) is 0 Å². The van der Waals surface area contributed by atoms with Gasteiger partial charge >= 0.3 is 5.97 Å². The van der Waals surface area contributed by atoms with Crippen molar-refractivity contribution in [1.82, 2.24) is 4.90 Å². The molecule has 0 radical (unpaired) electrons. The molecule has 1 fully saturated rings. The summed E-state index contributed by atoms with van der Waals surface area (Å²) in [6.45, 7) is -21.8. The second kappa shape index (κ2) is 9.56. The Morgan fingerprint density at radius 3 is 2.93 bits per heavy atom. The lowest BCUT2D eigenvalue weighted by atomic mass is 9.79. The Kier molecular flexibility index (Phi) is 2.03. The van der Waals surface area contributed by atoms with Gasteiger partial charge in [-0.05, 0) is 47.7 Å². The molecule has 0 aromatic heterocycles. The Labute approximate surface area is 219 Å². The lowest BCUT2D eigenvalue weighted by Gasteiger charge is -2.47. The molecule has 3 unspecified atom stereocenters. The summed E-state index contributed by atoms with van der Waals surface area (Å²) in [7, 11) is -2.58. The van der Waals surface area contributed by atoms with Crippen molar-refractivity contribution in [2.75, 3.05) is 27.2 Å². The van der Waals surface area contributed by atoms with E-state index in [0.29, 0.717) is 0 Å². The molecular formula is C24H38N2O4. The summed E-state index contributed by atoms with van der Waals surface area (Å²) in [5, 5.41) is 0. The molecule has 2 aliphatic rings. The van der Waals surface area contributed by atoms with Crippen LogP contribution >= 0.6 is 0 Å². The van der Waals surface area contributed by atoms with Gasteiger partial charge in [-0.1, -0.05) is 27.4 Å². The molecule has 3 rings (SSSR count). The maximum atomic E-state index is 13.8. The molecule has 2 N–H and O–H groups in total. The SMILES string of the molecule is [2H]c1c(OC([2H])([2H])[2H])c(OC)c([2H])c2c1C1([2H])CC(OC(=O)[C@@]([2H])(N)C([2H])(C([2H])([2H])[2H])C([2H])([2H])[2H])C(C([2H])([2H])C([2H])(C([2H])([2H])[2H])C([2H])([2H])[2H])CN1C([2H])([2H])C2([2H])[2H]. The van der Waals surface area contributed by atoms with E-state index in [0.717, 1.165) is 7.11 Å². The van der Waals surface area contributed by atoms with Gasteiger partial charge in [0.25, 0.3) is 0 Å². The van der Waals surface area contributed by atoms with Crippen molar-refractivity contribution in [3.8, 4) is 11.5 Å². The fourth-order valence-electron chi connectivity index (χ4n) is 3.08. The van der Waals surface area contributed by atoms with Crippen LogP contribution in [0, 0.1) is 17.7 Å². The van der Waals surface area contributed by atoms with Crippen LogP contribution in [0.1, 0.15) is 94.4 Å². The lowest BCUT2D eigenvalue weighted by molar-refractivity contribution is -0.160. The van der Waals surface area contributed by atoms with E-state index in [2.05, 4.69) is 0 Å². The third-order valence-electron chi connectivity index (χ3n) is 4.47. The van der Waals surface area contributed by atoms with Crippen LogP contribution in [0.5, 0.6) is 11.5 Å². The van der Waals surface area contributed by atoms with Crippen LogP contribution in [0.15, 0.2) is 12.1 Å². The first kappa shape index (κ1) is 6.38. The number of hydrogen-bond donors (Lipinski definition) is 1. The van der Waals surface area contributed by atoms with Crippen LogP contribution in [0.2, 0.25) is 0 Å². The monoisotopic (exact) mass is 445 g/mol. The van der Waals surface area contributed by atoms with Crippen LogP contribution in [-0.2, 0) is 15.9 Å². The maximum absolute atomic E-state index is 13.8. The summed E-state index contributed by atoms with van der Waals surface area (Å²) in [5.41, 5.74) is 3.38. The molecule has 30 heavy (non-hydrogen) atoms. The van der Waals surface area contributed by atoms with Gasteiger partial charge in [-0.15, -0.1) is 0 Å². The van der Waals surface area contributed by atoms with Gasteiger partial charge in [0.05, 0.1) is 23.7 Å². The number of methoxy groups -OCH3 is 2. The van der Waals surface area contributed by atoms with Crippen molar-refractivity contribution < 1.29 is 56.0 Å². The third kappa shape index (κ3) is 4.75. The molecule has 2 aliphatic heterocycles. The lowest BCUT2D eigenvalue weighted by Crippen LogP contribution is -2.51. The normalized spacial score (nSPS) is 48.3. The number of nitrogens with zero attached hydrogens (tertiary/aromatic N) is 1. The van der Waals surface area contributed by atoms with Crippen molar-refractivity contribution >= 4 is 5.97 Å². The second-order valence-corrected chi connectivity index (χ2v) is 6.32. The van der Waals surface area contributed by atoms with E-state index in [4.69, 9.17) is 55.6 Å². The van der Waals surface area contributed by atoms with Crippen LogP contribution < -0.4 is 15.2 Å². The summed E-state index contributed by atoms with van der Waals surface area (Å²) >= 11 is 0. The summed E-state index contributed by atoms with van der Waals surface area (Å²) < 4.78 is 238. The number of carbonyl (C=O) groups is 1. The van der Waals surface area contributed by atoms with Crippen LogP contribution in [-0.4, -0.2) is 50.2 Å². The zero-order valence-corrected chi connectivity index (χ0v) is 15.7. The summed E-state index contributed by atoms with van der Waals surface area (Å²) in [4.78, 5) is 13.9. The van der Waals surface area contributed by atoms with E-state index in [1.807, 2.05) is 0 Å². The number of esters is 1. The Morgan fingerprint density at radius 2 is 2.23 bits per heavy atom. The molecule has 168 valence electrons. The number of piperidine rings is 1. The largest absolute Gasteiger partial charge is 0.493 e. The predicted octanol–water partition coefficient (Wildman–Crippen LogP) is 3.56. The first-order chi connectivity index (χ1) is 24.8. The van der Waals surface area contributed by atoms with Gasteiger partial charge in [0.2, 0.25) is 0 Å². The quantitative estimate of drug-likeness (QED) is 0.647. The predicted molar refractivity (Wildman–Crippen MR) is 118 cm³/mol. The van der Waals surface area contributed by atoms with Crippen molar-refractivity contribution in [3.63, 3.8) is 0 Å². The number of benzene rings is 1. The van der Waals surface area contributed by atoms with Gasteiger partial charge in [0.1, 0.15) is 12.1 Å². The topological polar surface area (TPSA) is 74.0 Å². The molecule has 4 atom stereocenters. The number of ether oxygens (including phenoxy) is 3. The number of hydrogen-bond acceptors (Lipinski definition) is 6.